The standard InChI is InChI=1S/C16H14Cl2N2O3/c1-16(2,3)15-20-19-14(23-15)12-4-5-13(22-12)21-11-7-9(17)6-10(18)8-11/h4-8H,1-3H3. The van der Waals surface area contributed by atoms with Crippen LogP contribution in [0.2, 0.25) is 10.0 Å². The van der Waals surface area contributed by atoms with E-state index in [9.17, 15) is 0 Å². The van der Waals surface area contributed by atoms with Crippen molar-refractivity contribution in [3.63, 3.8) is 0 Å². The van der Waals surface area contributed by atoms with Crippen LogP contribution >= 0.6 is 23.2 Å². The number of benzene rings is 1. The molecule has 120 valence electrons. The summed E-state index contributed by atoms with van der Waals surface area (Å²) in [5.74, 6) is 2.01. The van der Waals surface area contributed by atoms with Crippen molar-refractivity contribution in [2.24, 2.45) is 0 Å². The Morgan fingerprint density at radius 1 is 0.957 bits per heavy atom. The van der Waals surface area contributed by atoms with Gasteiger partial charge < -0.3 is 13.6 Å². The molecule has 0 aliphatic carbocycles. The molecule has 3 rings (SSSR count). The highest BCUT2D eigenvalue weighted by Gasteiger charge is 2.23. The van der Waals surface area contributed by atoms with Crippen molar-refractivity contribution in [3.8, 4) is 23.3 Å². The van der Waals surface area contributed by atoms with Gasteiger partial charge in [0.15, 0.2) is 5.76 Å². The minimum atomic E-state index is -0.227. The number of ether oxygens (including phenoxy) is 1. The highest BCUT2D eigenvalue weighted by atomic mass is 35.5. The Bertz CT molecular complexity index is 814. The third-order valence-corrected chi connectivity index (χ3v) is 3.35. The predicted molar refractivity (Wildman–Crippen MR) is 87.2 cm³/mol. The topological polar surface area (TPSA) is 61.3 Å². The fourth-order valence-electron chi connectivity index (χ4n) is 1.82. The van der Waals surface area contributed by atoms with Crippen molar-refractivity contribution in [2.75, 3.05) is 0 Å². The van der Waals surface area contributed by atoms with Gasteiger partial charge in [0.2, 0.25) is 5.89 Å². The summed E-state index contributed by atoms with van der Waals surface area (Å²) in [5, 5.41) is 8.98. The monoisotopic (exact) mass is 352 g/mol. The molecule has 1 aromatic carbocycles. The lowest BCUT2D eigenvalue weighted by atomic mass is 9.97. The molecule has 0 saturated heterocycles. The average molecular weight is 353 g/mol. The Labute approximate surface area is 143 Å². The van der Waals surface area contributed by atoms with Gasteiger partial charge in [-0.3, -0.25) is 0 Å². The van der Waals surface area contributed by atoms with Gasteiger partial charge in [-0.15, -0.1) is 10.2 Å². The lowest BCUT2D eigenvalue weighted by Gasteiger charge is -2.10. The van der Waals surface area contributed by atoms with Crippen molar-refractivity contribution >= 4 is 23.2 Å². The molecule has 0 N–H and O–H groups in total. The first-order valence-corrected chi connectivity index (χ1v) is 7.65. The van der Waals surface area contributed by atoms with Gasteiger partial charge >= 0.3 is 0 Å². The van der Waals surface area contributed by atoms with Crippen molar-refractivity contribution in [2.45, 2.75) is 26.2 Å². The number of aromatic nitrogens is 2. The summed E-state index contributed by atoms with van der Waals surface area (Å²) < 4.78 is 16.8. The molecule has 0 radical (unpaired) electrons. The van der Waals surface area contributed by atoms with Crippen LogP contribution in [0, 0.1) is 0 Å². The van der Waals surface area contributed by atoms with Gasteiger partial charge in [0.05, 0.1) is 0 Å². The normalized spacial score (nSPS) is 11.7. The highest BCUT2D eigenvalue weighted by Crippen LogP contribution is 2.32. The van der Waals surface area contributed by atoms with Crippen LogP contribution in [-0.2, 0) is 5.41 Å². The van der Waals surface area contributed by atoms with Crippen LogP contribution in [-0.4, -0.2) is 10.2 Å². The Kier molecular flexibility index (Phi) is 4.08. The molecule has 0 fully saturated rings. The second-order valence-electron chi connectivity index (χ2n) is 5.99. The minimum Gasteiger partial charge on any atom is -0.426 e. The Balaban J connectivity index is 1.81. The van der Waals surface area contributed by atoms with Crippen LogP contribution < -0.4 is 4.74 Å². The van der Waals surface area contributed by atoms with Crippen molar-refractivity contribution < 1.29 is 13.6 Å². The first-order valence-electron chi connectivity index (χ1n) is 6.89. The van der Waals surface area contributed by atoms with Crippen molar-refractivity contribution in [1.29, 1.82) is 0 Å². The van der Waals surface area contributed by atoms with E-state index in [0.717, 1.165) is 0 Å². The van der Waals surface area contributed by atoms with Crippen molar-refractivity contribution in [1.82, 2.24) is 10.2 Å². The summed E-state index contributed by atoms with van der Waals surface area (Å²) in [6.45, 7) is 5.97. The number of rotatable bonds is 3. The van der Waals surface area contributed by atoms with E-state index in [2.05, 4.69) is 10.2 Å². The average Bonchev–Trinajstić information content (AvgIpc) is 3.04. The van der Waals surface area contributed by atoms with E-state index in [4.69, 9.17) is 36.8 Å². The molecule has 0 atom stereocenters. The summed E-state index contributed by atoms with van der Waals surface area (Å²) in [6, 6.07) is 8.25. The Morgan fingerprint density at radius 2 is 1.65 bits per heavy atom. The highest BCUT2D eigenvalue weighted by molar-refractivity contribution is 6.34. The van der Waals surface area contributed by atoms with Crippen LogP contribution in [0.25, 0.3) is 11.7 Å². The van der Waals surface area contributed by atoms with E-state index in [1.807, 2.05) is 20.8 Å². The van der Waals surface area contributed by atoms with Crippen LogP contribution in [0.15, 0.2) is 39.2 Å². The number of furan rings is 1. The van der Waals surface area contributed by atoms with Crippen LogP contribution in [0.3, 0.4) is 0 Å². The molecule has 7 heteroatoms. The van der Waals surface area contributed by atoms with E-state index in [1.54, 1.807) is 30.3 Å². The number of hydrogen-bond donors (Lipinski definition) is 0. The largest absolute Gasteiger partial charge is 0.426 e. The summed E-state index contributed by atoms with van der Waals surface area (Å²) in [6.07, 6.45) is 0. The quantitative estimate of drug-likeness (QED) is 0.602. The molecule has 0 aliphatic heterocycles. The number of nitrogens with zero attached hydrogens (tertiary/aromatic N) is 2. The zero-order chi connectivity index (χ0) is 16.6. The lowest BCUT2D eigenvalue weighted by molar-refractivity contribution is 0.343. The maximum absolute atomic E-state index is 5.93. The van der Waals surface area contributed by atoms with Gasteiger partial charge in [0, 0.05) is 21.5 Å². The summed E-state index contributed by atoms with van der Waals surface area (Å²) in [7, 11) is 0. The molecule has 2 aromatic heterocycles. The summed E-state index contributed by atoms with van der Waals surface area (Å²) in [4.78, 5) is 0. The lowest BCUT2D eigenvalue weighted by Crippen LogP contribution is -2.11. The van der Waals surface area contributed by atoms with Gasteiger partial charge in [-0.2, -0.15) is 0 Å². The zero-order valence-corrected chi connectivity index (χ0v) is 14.3. The van der Waals surface area contributed by atoms with Crippen LogP contribution in [0.5, 0.6) is 11.7 Å². The van der Waals surface area contributed by atoms with Crippen molar-refractivity contribution in [3.05, 3.63) is 46.3 Å². The molecule has 3 aromatic rings. The van der Waals surface area contributed by atoms with E-state index < -0.39 is 0 Å². The van der Waals surface area contributed by atoms with E-state index >= 15 is 0 Å². The number of hydrogen-bond acceptors (Lipinski definition) is 5. The summed E-state index contributed by atoms with van der Waals surface area (Å²) in [5.41, 5.74) is -0.227. The van der Waals surface area contributed by atoms with Crippen LogP contribution in [0.1, 0.15) is 26.7 Å². The van der Waals surface area contributed by atoms with E-state index in [-0.39, 0.29) is 11.4 Å². The fraction of sp³-hybridized carbons (Fsp3) is 0.250. The molecule has 0 spiro atoms. The van der Waals surface area contributed by atoms with Gasteiger partial charge in [-0.1, -0.05) is 44.0 Å². The Hall–Kier alpha value is -1.98. The first kappa shape index (κ1) is 15.9. The molecule has 0 unspecified atom stereocenters. The smallest absolute Gasteiger partial charge is 0.290 e. The molecule has 2 heterocycles. The molecule has 23 heavy (non-hydrogen) atoms. The summed E-state index contributed by atoms with van der Waals surface area (Å²) >= 11 is 11.9. The second kappa shape index (κ2) is 5.91. The van der Waals surface area contributed by atoms with E-state index in [1.165, 1.54) is 0 Å². The molecular formula is C16H14Cl2N2O3. The zero-order valence-electron chi connectivity index (χ0n) is 12.8. The van der Waals surface area contributed by atoms with Gasteiger partial charge in [0.1, 0.15) is 5.75 Å². The first-order chi connectivity index (χ1) is 10.8. The van der Waals surface area contributed by atoms with E-state index in [0.29, 0.717) is 33.3 Å². The van der Waals surface area contributed by atoms with Gasteiger partial charge in [0.25, 0.3) is 11.8 Å². The third-order valence-electron chi connectivity index (χ3n) is 2.91. The molecule has 0 bridgehead atoms. The predicted octanol–water partition coefficient (Wildman–Crippen LogP) is 5.73. The minimum absolute atomic E-state index is 0.227. The van der Waals surface area contributed by atoms with Crippen LogP contribution in [0.4, 0.5) is 0 Å². The van der Waals surface area contributed by atoms with Gasteiger partial charge in [-0.25, -0.2) is 0 Å². The molecule has 5 nitrogen and oxygen atoms in total. The fourth-order valence-corrected chi connectivity index (χ4v) is 2.33. The molecule has 0 amide bonds. The third kappa shape index (κ3) is 3.68. The molecule has 0 saturated carbocycles. The maximum Gasteiger partial charge on any atom is 0.290 e. The second-order valence-corrected chi connectivity index (χ2v) is 6.86. The Morgan fingerprint density at radius 3 is 2.26 bits per heavy atom. The maximum atomic E-state index is 5.93. The molecule has 0 aliphatic rings. The number of halogens is 2. The SMILES string of the molecule is CC(C)(C)c1nnc(-c2ccc(Oc3cc(Cl)cc(Cl)c3)o2)o1. The van der Waals surface area contributed by atoms with Gasteiger partial charge in [-0.05, 0) is 24.3 Å². The molecular weight excluding hydrogens is 339 g/mol.